The fraction of sp³-hybridized carbons (Fsp3) is 0.565. The van der Waals surface area contributed by atoms with E-state index in [1.807, 2.05) is 6.07 Å². The molecule has 0 unspecified atom stereocenters. The largest absolute Gasteiger partial charge is 0.433 e. The quantitative estimate of drug-likeness (QED) is 0.559. The van der Waals surface area contributed by atoms with Gasteiger partial charge in [0.15, 0.2) is 0 Å². The molecule has 2 N–H and O–H groups in total. The lowest BCUT2D eigenvalue weighted by Crippen LogP contribution is -2.43. The van der Waals surface area contributed by atoms with Crippen LogP contribution < -0.4 is 10.2 Å². The molecule has 0 atom stereocenters. The molecule has 5 nitrogen and oxygen atoms in total. The number of fused-ring (bicyclic) bond motifs is 1. The predicted octanol–water partition coefficient (Wildman–Crippen LogP) is 5.50. The summed E-state index contributed by atoms with van der Waals surface area (Å²) in [6.07, 6.45) is -3.70. The molecular weight excluding hydrogens is 462 g/mol. The highest BCUT2D eigenvalue weighted by Gasteiger charge is 2.39. The van der Waals surface area contributed by atoms with Crippen LogP contribution in [0.1, 0.15) is 71.7 Å². The van der Waals surface area contributed by atoms with Crippen molar-refractivity contribution in [2.24, 2.45) is 0 Å². The Morgan fingerprint density at radius 1 is 0.971 bits per heavy atom. The van der Waals surface area contributed by atoms with Crippen LogP contribution in [0.4, 0.5) is 32.0 Å². The molecule has 0 radical (unpaired) electrons. The van der Waals surface area contributed by atoms with E-state index in [1.165, 1.54) is 17.5 Å². The first kappa shape index (κ1) is 24.4. The Labute approximate surface area is 192 Å². The normalized spacial score (nSPS) is 21.1. The molecule has 11 heteroatoms. The number of nitrogens with zero attached hydrogens (tertiary/aromatic N) is 2. The van der Waals surface area contributed by atoms with Crippen molar-refractivity contribution in [1.82, 2.24) is 15.3 Å². The van der Waals surface area contributed by atoms with Crippen LogP contribution in [0.15, 0.2) is 18.2 Å². The third kappa shape index (κ3) is 5.33. The fourth-order valence-corrected chi connectivity index (χ4v) is 4.82. The monoisotopic (exact) mass is 488 g/mol. The zero-order valence-corrected chi connectivity index (χ0v) is 18.6. The third-order valence-corrected chi connectivity index (χ3v) is 6.74. The molecule has 0 saturated heterocycles. The van der Waals surface area contributed by atoms with Gasteiger partial charge in [-0.2, -0.15) is 26.3 Å². The second-order valence-corrected chi connectivity index (χ2v) is 9.08. The van der Waals surface area contributed by atoms with Crippen molar-refractivity contribution in [3.63, 3.8) is 0 Å². The molecule has 1 saturated carbocycles. The molecule has 186 valence electrons. The molecule has 2 aliphatic carbocycles. The van der Waals surface area contributed by atoms with E-state index in [-0.39, 0.29) is 23.7 Å². The average Bonchev–Trinajstić information content (AvgIpc) is 3.22. The molecule has 0 spiro atoms. The summed E-state index contributed by atoms with van der Waals surface area (Å²) in [4.78, 5) is 20.1. The molecule has 1 amide bonds. The summed E-state index contributed by atoms with van der Waals surface area (Å²) in [5, 5.41) is 3.01. The predicted molar refractivity (Wildman–Crippen MR) is 114 cm³/mol. The summed E-state index contributed by atoms with van der Waals surface area (Å²) in [7, 11) is 1.49. The Morgan fingerprint density at radius 2 is 1.56 bits per heavy atom. The Morgan fingerprint density at radius 3 is 2.12 bits per heavy atom. The average molecular weight is 488 g/mol. The number of hydrogen-bond acceptors (Lipinski definition) is 3. The van der Waals surface area contributed by atoms with Gasteiger partial charge in [0.05, 0.1) is 0 Å². The number of aromatic nitrogens is 2. The van der Waals surface area contributed by atoms with Gasteiger partial charge in [0, 0.05) is 30.5 Å². The minimum atomic E-state index is -4.99. The second-order valence-electron chi connectivity index (χ2n) is 9.08. The minimum absolute atomic E-state index is 0.105. The first-order valence-corrected chi connectivity index (χ1v) is 11.3. The maximum absolute atomic E-state index is 13.1. The molecule has 2 heterocycles. The Hall–Kier alpha value is -2.72. The lowest BCUT2D eigenvalue weighted by molar-refractivity contribution is -0.150. The third-order valence-electron chi connectivity index (χ3n) is 6.74. The SMILES string of the molecule is CN(c1cc(C(F)(F)F)nc(C(F)(F)F)c1)C1CCC(NC(=O)c2cc3c([nH]2)CCCC3)CC1. The number of H-pyrrole nitrogens is 1. The summed E-state index contributed by atoms with van der Waals surface area (Å²) in [5.41, 5.74) is -0.509. The number of nitrogens with one attached hydrogen (secondary N) is 2. The number of aryl methyl sites for hydroxylation is 2. The molecule has 0 bridgehead atoms. The van der Waals surface area contributed by atoms with Crippen LogP contribution in [0.3, 0.4) is 0 Å². The summed E-state index contributed by atoms with van der Waals surface area (Å²) < 4.78 is 78.8. The topological polar surface area (TPSA) is 61.0 Å². The van der Waals surface area contributed by atoms with Gasteiger partial charge in [0.2, 0.25) is 0 Å². The number of pyridine rings is 1. The number of halogens is 6. The smallest absolute Gasteiger partial charge is 0.371 e. The van der Waals surface area contributed by atoms with Crippen LogP contribution in [0.5, 0.6) is 0 Å². The van der Waals surface area contributed by atoms with E-state index in [1.54, 1.807) is 0 Å². The van der Waals surface area contributed by atoms with Crippen molar-refractivity contribution >= 4 is 11.6 Å². The van der Waals surface area contributed by atoms with Gasteiger partial charge in [-0.15, -0.1) is 0 Å². The number of anilines is 1. The van der Waals surface area contributed by atoms with Crippen molar-refractivity contribution < 1.29 is 31.1 Å². The zero-order valence-electron chi connectivity index (χ0n) is 18.6. The highest BCUT2D eigenvalue weighted by molar-refractivity contribution is 5.93. The Bertz CT molecular complexity index is 981. The van der Waals surface area contributed by atoms with Gasteiger partial charge in [-0.1, -0.05) is 0 Å². The Kier molecular flexibility index (Phi) is 6.56. The molecule has 34 heavy (non-hydrogen) atoms. The molecule has 4 rings (SSSR count). The van der Waals surface area contributed by atoms with Crippen molar-refractivity contribution in [3.8, 4) is 0 Å². The van der Waals surface area contributed by atoms with Gasteiger partial charge in [-0.25, -0.2) is 4.98 Å². The maximum atomic E-state index is 13.1. The standard InChI is InChI=1S/C23H26F6N4O/c1-33(16-11-19(22(24,25)26)32-20(12-16)23(27,28)29)15-8-6-14(7-9-15)30-21(34)18-10-13-4-2-3-5-17(13)31-18/h10-12,14-15,31H,2-9H2,1H3,(H,30,34). The van der Waals surface area contributed by atoms with E-state index in [4.69, 9.17) is 0 Å². The van der Waals surface area contributed by atoms with Crippen molar-refractivity contribution in [1.29, 1.82) is 0 Å². The summed E-state index contributed by atoms with van der Waals surface area (Å²) >= 11 is 0. The molecule has 0 aliphatic heterocycles. The van der Waals surface area contributed by atoms with E-state index in [2.05, 4.69) is 15.3 Å². The van der Waals surface area contributed by atoms with Crippen molar-refractivity contribution in [2.75, 3.05) is 11.9 Å². The van der Waals surface area contributed by atoms with Crippen LogP contribution in [0, 0.1) is 0 Å². The van der Waals surface area contributed by atoms with Gasteiger partial charge >= 0.3 is 12.4 Å². The van der Waals surface area contributed by atoms with Crippen LogP contribution >= 0.6 is 0 Å². The van der Waals surface area contributed by atoms with Crippen LogP contribution in [0.25, 0.3) is 0 Å². The van der Waals surface area contributed by atoms with Crippen molar-refractivity contribution in [3.05, 3.63) is 46.5 Å². The lowest BCUT2D eigenvalue weighted by Gasteiger charge is -2.36. The summed E-state index contributed by atoms with van der Waals surface area (Å²) in [6, 6.07) is 2.83. The minimum Gasteiger partial charge on any atom is -0.371 e. The first-order chi connectivity index (χ1) is 15.9. The zero-order chi connectivity index (χ0) is 24.7. The van der Waals surface area contributed by atoms with Gasteiger partial charge in [0.1, 0.15) is 17.1 Å². The van der Waals surface area contributed by atoms with E-state index >= 15 is 0 Å². The van der Waals surface area contributed by atoms with E-state index < -0.39 is 23.7 Å². The number of hydrogen-bond donors (Lipinski definition) is 2. The molecule has 0 aromatic carbocycles. The molecule has 2 aromatic rings. The first-order valence-electron chi connectivity index (χ1n) is 11.3. The van der Waals surface area contributed by atoms with Crippen LogP contribution in [-0.4, -0.2) is 35.0 Å². The fourth-order valence-electron chi connectivity index (χ4n) is 4.82. The highest BCUT2D eigenvalue weighted by atomic mass is 19.4. The van der Waals surface area contributed by atoms with E-state index in [0.717, 1.165) is 31.4 Å². The van der Waals surface area contributed by atoms with Crippen LogP contribution in [-0.2, 0) is 25.2 Å². The van der Waals surface area contributed by atoms with Gasteiger partial charge in [-0.3, -0.25) is 4.79 Å². The summed E-state index contributed by atoms with van der Waals surface area (Å²) in [6.45, 7) is 0. The maximum Gasteiger partial charge on any atom is 0.433 e. The van der Waals surface area contributed by atoms with Gasteiger partial charge in [-0.05, 0) is 75.1 Å². The highest BCUT2D eigenvalue weighted by Crippen LogP contribution is 2.37. The Balaban J connectivity index is 1.40. The number of amides is 1. The number of rotatable bonds is 4. The molecular formula is C23H26F6N4O. The van der Waals surface area contributed by atoms with Crippen molar-refractivity contribution in [2.45, 2.75) is 75.8 Å². The molecule has 2 aliphatic rings. The van der Waals surface area contributed by atoms with Gasteiger partial charge in [0.25, 0.3) is 5.91 Å². The number of aromatic amines is 1. The van der Waals surface area contributed by atoms with Crippen LogP contribution in [0.2, 0.25) is 0 Å². The second kappa shape index (κ2) is 9.14. The molecule has 1 fully saturated rings. The lowest BCUT2D eigenvalue weighted by atomic mass is 9.90. The molecule has 2 aromatic heterocycles. The number of carbonyl (C=O) groups excluding carboxylic acids is 1. The summed E-state index contributed by atoms with van der Waals surface area (Å²) in [5.74, 6) is -0.190. The van der Waals surface area contributed by atoms with E-state index in [9.17, 15) is 31.1 Å². The van der Waals surface area contributed by atoms with E-state index in [0.29, 0.717) is 43.5 Å². The van der Waals surface area contributed by atoms with Gasteiger partial charge < -0.3 is 15.2 Å². The number of alkyl halides is 6. The number of carbonyl (C=O) groups is 1.